The van der Waals surface area contributed by atoms with E-state index < -0.39 is 26.6 Å². The number of likely N-dealkylation sites (N-methyl/N-ethyl adjacent to an activating group) is 1. The molecule has 0 aliphatic heterocycles. The van der Waals surface area contributed by atoms with E-state index in [-0.39, 0.29) is 24.9 Å². The molecule has 76 heavy (non-hydrogen) atoms. The quantitative estimate of drug-likeness (QED) is 0.0212. The Morgan fingerprint density at radius 3 is 1.28 bits per heavy atom. The number of allylic oxidation sites excluding steroid dienone is 9. The van der Waals surface area contributed by atoms with Gasteiger partial charge in [0.05, 0.1) is 33.8 Å². The monoisotopic (exact) mass is 1090 g/mol. The Morgan fingerprint density at radius 2 is 0.842 bits per heavy atom. The van der Waals surface area contributed by atoms with Gasteiger partial charge < -0.3 is 28.5 Å². The van der Waals surface area contributed by atoms with Crippen LogP contribution in [0, 0.1) is 0 Å². The van der Waals surface area contributed by atoms with Crippen LogP contribution >= 0.6 is 7.82 Å². The molecule has 0 saturated heterocycles. The van der Waals surface area contributed by atoms with Crippen molar-refractivity contribution in [1.82, 2.24) is 5.32 Å². The number of rotatable bonds is 58. The molecule has 10 heteroatoms. The summed E-state index contributed by atoms with van der Waals surface area (Å²) < 4.78 is 30.3. The van der Waals surface area contributed by atoms with Crippen LogP contribution in [0.3, 0.4) is 0 Å². The number of phosphoric acid groups is 1. The Morgan fingerprint density at radius 1 is 0.474 bits per heavy atom. The molecule has 0 bridgehead atoms. The van der Waals surface area contributed by atoms with E-state index in [4.69, 9.17) is 13.8 Å². The molecule has 0 saturated carbocycles. The SMILES string of the molecule is CC/C=C/C/C=C/C/C=C/CCCCCCCCC(=O)NC(COP(=O)([O-])OCC[N+](C)(C)C)C(/C=C\CCCCCCCCCCC)OC(=O)CCCCCCCCCCCCCCC/C=C/CCCCCCCC. The number of carbonyl (C=O) groups excluding carboxylic acids is 2. The molecule has 0 heterocycles. The Bertz CT molecular complexity index is 1490. The van der Waals surface area contributed by atoms with Gasteiger partial charge >= 0.3 is 5.97 Å². The third-order valence-corrected chi connectivity index (χ3v) is 15.1. The summed E-state index contributed by atoms with van der Waals surface area (Å²) in [5.74, 6) is -0.550. The molecule has 0 aromatic heterocycles. The Balaban J connectivity index is 5.12. The lowest BCUT2D eigenvalue weighted by Crippen LogP contribution is -2.47. The number of quaternary nitrogens is 1. The molecule has 0 radical (unpaired) electrons. The van der Waals surface area contributed by atoms with E-state index >= 15 is 0 Å². The van der Waals surface area contributed by atoms with E-state index in [0.717, 1.165) is 103 Å². The number of hydrogen-bond donors (Lipinski definition) is 1. The maximum atomic E-state index is 13.5. The molecular weight excluding hydrogens is 964 g/mol. The van der Waals surface area contributed by atoms with Crippen molar-refractivity contribution in [3.63, 3.8) is 0 Å². The topological polar surface area (TPSA) is 114 Å². The summed E-state index contributed by atoms with van der Waals surface area (Å²) in [4.78, 5) is 40.0. The largest absolute Gasteiger partial charge is 0.756 e. The Hall–Kier alpha value is -2.29. The van der Waals surface area contributed by atoms with Gasteiger partial charge in [-0.3, -0.25) is 14.2 Å². The Kier molecular flexibility index (Phi) is 54.3. The van der Waals surface area contributed by atoms with Crippen LogP contribution in [0.15, 0.2) is 60.8 Å². The van der Waals surface area contributed by atoms with E-state index in [0.29, 0.717) is 17.4 Å². The van der Waals surface area contributed by atoms with E-state index in [2.05, 4.69) is 74.7 Å². The third-order valence-electron chi connectivity index (χ3n) is 14.2. The first-order chi connectivity index (χ1) is 36.9. The van der Waals surface area contributed by atoms with Crippen LogP contribution in [0.1, 0.15) is 297 Å². The van der Waals surface area contributed by atoms with Crippen molar-refractivity contribution >= 4 is 19.7 Å². The summed E-state index contributed by atoms with van der Waals surface area (Å²) in [7, 11) is 1.18. The molecule has 9 nitrogen and oxygen atoms in total. The first kappa shape index (κ1) is 73.7. The second-order valence-corrected chi connectivity index (χ2v) is 24.3. The predicted octanol–water partition coefficient (Wildman–Crippen LogP) is 19.2. The van der Waals surface area contributed by atoms with Crippen LogP contribution < -0.4 is 10.2 Å². The molecule has 0 aromatic carbocycles. The normalized spacial score (nSPS) is 14.0. The Labute approximate surface area is 471 Å². The van der Waals surface area contributed by atoms with Gasteiger partial charge in [0.1, 0.15) is 19.3 Å². The molecule has 1 amide bonds. The lowest BCUT2D eigenvalue weighted by atomic mass is 10.0. The van der Waals surface area contributed by atoms with Gasteiger partial charge in [0.15, 0.2) is 0 Å². The van der Waals surface area contributed by atoms with Crippen molar-refractivity contribution in [2.45, 2.75) is 309 Å². The summed E-state index contributed by atoms with van der Waals surface area (Å²) >= 11 is 0. The third kappa shape index (κ3) is 56.4. The van der Waals surface area contributed by atoms with Crippen LogP contribution in [0.2, 0.25) is 0 Å². The number of nitrogens with one attached hydrogen (secondary N) is 1. The molecule has 0 spiro atoms. The number of esters is 1. The van der Waals surface area contributed by atoms with Crippen LogP contribution in [0.25, 0.3) is 0 Å². The highest BCUT2D eigenvalue weighted by Gasteiger charge is 2.27. The zero-order valence-electron chi connectivity index (χ0n) is 50.7. The van der Waals surface area contributed by atoms with Crippen LogP contribution in [0.5, 0.6) is 0 Å². The number of hydrogen-bond acceptors (Lipinski definition) is 7. The van der Waals surface area contributed by atoms with Gasteiger partial charge in [0.25, 0.3) is 7.82 Å². The number of phosphoric ester groups is 1. The second kappa shape index (κ2) is 56.0. The van der Waals surface area contributed by atoms with E-state index in [1.807, 2.05) is 33.3 Å². The van der Waals surface area contributed by atoms with Crippen molar-refractivity contribution in [3.05, 3.63) is 60.8 Å². The lowest BCUT2D eigenvalue weighted by molar-refractivity contribution is -0.870. The van der Waals surface area contributed by atoms with Crippen molar-refractivity contribution in [1.29, 1.82) is 0 Å². The highest BCUT2D eigenvalue weighted by molar-refractivity contribution is 7.45. The first-order valence-electron chi connectivity index (χ1n) is 32.1. The number of nitrogens with zero attached hydrogens (tertiary/aromatic N) is 1. The van der Waals surface area contributed by atoms with Crippen molar-refractivity contribution in [2.24, 2.45) is 0 Å². The minimum atomic E-state index is -4.70. The fourth-order valence-electron chi connectivity index (χ4n) is 9.24. The molecule has 444 valence electrons. The summed E-state index contributed by atoms with van der Waals surface area (Å²) in [5.41, 5.74) is 0. The molecule has 0 rings (SSSR count). The van der Waals surface area contributed by atoms with Gasteiger partial charge in [-0.2, -0.15) is 0 Å². The van der Waals surface area contributed by atoms with Gasteiger partial charge in [-0.05, 0) is 89.5 Å². The minimum Gasteiger partial charge on any atom is -0.756 e. The molecule has 0 aliphatic rings. The molecule has 3 atom stereocenters. The van der Waals surface area contributed by atoms with Crippen LogP contribution in [0.4, 0.5) is 0 Å². The maximum Gasteiger partial charge on any atom is 0.306 e. The molecular formula is C66H123N2O7P. The van der Waals surface area contributed by atoms with Crippen molar-refractivity contribution in [2.75, 3.05) is 40.9 Å². The smallest absolute Gasteiger partial charge is 0.306 e. The molecule has 0 aromatic rings. The number of unbranched alkanes of at least 4 members (excludes halogenated alkanes) is 34. The van der Waals surface area contributed by atoms with Gasteiger partial charge in [-0.25, -0.2) is 0 Å². The fourth-order valence-corrected chi connectivity index (χ4v) is 9.96. The van der Waals surface area contributed by atoms with Gasteiger partial charge in [-0.1, -0.05) is 255 Å². The van der Waals surface area contributed by atoms with Gasteiger partial charge in [0, 0.05) is 12.8 Å². The van der Waals surface area contributed by atoms with E-state index in [9.17, 15) is 19.0 Å². The fraction of sp³-hybridized carbons (Fsp3) is 0.818. The zero-order chi connectivity index (χ0) is 55.7. The van der Waals surface area contributed by atoms with Crippen LogP contribution in [-0.4, -0.2) is 69.4 Å². The standard InChI is InChI=1S/C66H123N2O7P/c1-7-10-13-16-19-22-25-27-29-31-32-33-34-35-36-37-39-41-44-47-50-53-56-59-66(70)75-64(57-54-51-48-45-42-24-21-18-15-12-9-3)63(62-74-76(71,72)73-61-60-68(4,5)6)67-65(69)58-55-52-49-46-43-40-38-30-28-26-23-20-17-14-11-8-2/h11,14,20,23,27-30,54,57,63-64H,7-10,12-13,15-19,21-22,24-26,31-53,55-56,58-62H2,1-6H3,(H-,67,69,71,72)/b14-11+,23-20+,29-27+,30-28+,57-54-. The molecule has 1 N–H and O–H groups in total. The molecule has 3 unspecified atom stereocenters. The number of ether oxygens (including phenoxy) is 1. The average molecular weight is 1090 g/mol. The molecule has 0 fully saturated rings. The average Bonchev–Trinajstić information content (AvgIpc) is 3.38. The zero-order valence-corrected chi connectivity index (χ0v) is 51.6. The number of carbonyl (C=O) groups is 2. The summed E-state index contributed by atoms with van der Waals surface area (Å²) in [6, 6.07) is -0.895. The lowest BCUT2D eigenvalue weighted by Gasteiger charge is -2.30. The summed E-state index contributed by atoms with van der Waals surface area (Å²) in [6.07, 6.45) is 70.5. The second-order valence-electron chi connectivity index (χ2n) is 22.9. The highest BCUT2D eigenvalue weighted by Crippen LogP contribution is 2.38. The van der Waals surface area contributed by atoms with Crippen LogP contribution in [-0.2, 0) is 27.9 Å². The summed E-state index contributed by atoms with van der Waals surface area (Å²) in [6.45, 7) is 6.73. The van der Waals surface area contributed by atoms with E-state index in [1.54, 1.807) is 0 Å². The van der Waals surface area contributed by atoms with Crippen molar-refractivity contribution in [3.8, 4) is 0 Å². The predicted molar refractivity (Wildman–Crippen MR) is 325 cm³/mol. The number of amides is 1. The highest BCUT2D eigenvalue weighted by atomic mass is 31.2. The first-order valence-corrected chi connectivity index (χ1v) is 33.6. The van der Waals surface area contributed by atoms with Crippen molar-refractivity contribution < 1.29 is 37.3 Å². The summed E-state index contributed by atoms with van der Waals surface area (Å²) in [5, 5.41) is 3.02. The molecule has 0 aliphatic carbocycles. The van der Waals surface area contributed by atoms with E-state index in [1.165, 1.54) is 161 Å². The van der Waals surface area contributed by atoms with Gasteiger partial charge in [-0.15, -0.1) is 0 Å². The van der Waals surface area contributed by atoms with Gasteiger partial charge in [0.2, 0.25) is 5.91 Å². The maximum absolute atomic E-state index is 13.5. The minimum absolute atomic E-state index is 0.0257.